The van der Waals surface area contributed by atoms with Crippen molar-refractivity contribution < 1.29 is 14.5 Å². The minimum absolute atomic E-state index is 0.0304. The molecule has 1 aromatic rings. The highest BCUT2D eigenvalue weighted by Crippen LogP contribution is 2.25. The Morgan fingerprint density at radius 1 is 1.25 bits per heavy atom. The normalized spacial score (nSPS) is 13.6. The van der Waals surface area contributed by atoms with Crippen LogP contribution in [0.15, 0.2) is 18.2 Å². The second-order valence-electron chi connectivity index (χ2n) is 3.06. The maximum atomic E-state index is 11.6. The number of hydrogen-bond donors (Lipinski definition) is 0. The quantitative estimate of drug-likeness (QED) is 0.300. The average molecular weight is 216 g/mol. The van der Waals surface area contributed by atoms with Crippen molar-refractivity contribution >= 4 is 17.5 Å². The van der Waals surface area contributed by atoms with Crippen LogP contribution in [-0.4, -0.2) is 21.6 Å². The summed E-state index contributed by atoms with van der Waals surface area (Å²) in [6.45, 7) is 0. The molecule has 1 aromatic carbocycles. The SMILES string of the molecule is C#CN1C(=O)c2ccc([N+](=O)[O-])cc2C1=O. The van der Waals surface area contributed by atoms with Crippen molar-refractivity contribution in [3.63, 3.8) is 0 Å². The third-order valence-corrected chi connectivity index (χ3v) is 2.21. The van der Waals surface area contributed by atoms with E-state index in [0.717, 1.165) is 12.1 Å². The summed E-state index contributed by atoms with van der Waals surface area (Å²) in [5.41, 5.74) is -0.190. The number of hydrogen-bond acceptors (Lipinski definition) is 4. The van der Waals surface area contributed by atoms with Gasteiger partial charge in [0.2, 0.25) is 0 Å². The Morgan fingerprint density at radius 3 is 2.44 bits per heavy atom. The Kier molecular flexibility index (Phi) is 1.95. The van der Waals surface area contributed by atoms with E-state index in [1.807, 2.05) is 6.04 Å². The summed E-state index contributed by atoms with van der Waals surface area (Å²) in [5.74, 6) is -1.33. The summed E-state index contributed by atoms with van der Waals surface area (Å²) in [6, 6.07) is 5.36. The summed E-state index contributed by atoms with van der Waals surface area (Å²) in [5, 5.41) is 10.5. The molecular formula is C10H4N2O4. The molecule has 16 heavy (non-hydrogen) atoms. The summed E-state index contributed by atoms with van der Waals surface area (Å²) in [4.78, 5) is 33.5. The van der Waals surface area contributed by atoms with Gasteiger partial charge in [0, 0.05) is 18.2 Å². The van der Waals surface area contributed by atoms with E-state index < -0.39 is 16.7 Å². The predicted octanol–water partition coefficient (Wildman–Crippen LogP) is 0.782. The number of benzene rings is 1. The third kappa shape index (κ3) is 1.15. The van der Waals surface area contributed by atoms with Crippen LogP contribution < -0.4 is 0 Å². The highest BCUT2D eigenvalue weighted by molar-refractivity contribution is 6.22. The van der Waals surface area contributed by atoms with Crippen molar-refractivity contribution in [2.24, 2.45) is 0 Å². The molecule has 0 fully saturated rings. The number of fused-ring (bicyclic) bond motifs is 1. The lowest BCUT2D eigenvalue weighted by Gasteiger charge is -2.00. The molecule has 6 heteroatoms. The van der Waals surface area contributed by atoms with Gasteiger partial charge in [0.25, 0.3) is 17.5 Å². The molecule has 0 saturated heterocycles. The molecular weight excluding hydrogens is 212 g/mol. The molecule has 1 heterocycles. The highest BCUT2D eigenvalue weighted by Gasteiger charge is 2.35. The fraction of sp³-hybridized carbons (Fsp3) is 0. The van der Waals surface area contributed by atoms with Crippen LogP contribution in [0, 0.1) is 22.6 Å². The number of non-ortho nitro benzene ring substituents is 1. The number of amides is 2. The van der Waals surface area contributed by atoms with Gasteiger partial charge in [-0.25, -0.2) is 0 Å². The molecule has 78 valence electrons. The Bertz CT molecular complexity index is 571. The average Bonchev–Trinajstić information content (AvgIpc) is 2.51. The van der Waals surface area contributed by atoms with Gasteiger partial charge in [0.15, 0.2) is 0 Å². The first-order chi connectivity index (χ1) is 7.56. The molecule has 0 spiro atoms. The number of imide groups is 1. The number of carbonyl (C=O) groups is 2. The van der Waals surface area contributed by atoms with E-state index in [4.69, 9.17) is 6.42 Å². The van der Waals surface area contributed by atoms with E-state index in [0.29, 0.717) is 4.90 Å². The second-order valence-corrected chi connectivity index (χ2v) is 3.06. The molecule has 0 saturated carbocycles. The lowest BCUT2D eigenvalue weighted by Crippen LogP contribution is -2.23. The number of terminal acetylenes is 1. The van der Waals surface area contributed by atoms with Crippen LogP contribution in [0.4, 0.5) is 5.69 Å². The van der Waals surface area contributed by atoms with Gasteiger partial charge in [-0.15, -0.1) is 0 Å². The molecule has 0 radical (unpaired) electrons. The summed E-state index contributed by atoms with van der Waals surface area (Å²) in [6.07, 6.45) is 4.99. The zero-order valence-corrected chi connectivity index (χ0v) is 7.84. The van der Waals surface area contributed by atoms with Crippen LogP contribution in [0.25, 0.3) is 0 Å². The zero-order valence-electron chi connectivity index (χ0n) is 7.84. The first-order valence-electron chi connectivity index (χ1n) is 4.19. The minimum Gasteiger partial charge on any atom is -0.267 e. The molecule has 0 unspecified atom stereocenters. The van der Waals surface area contributed by atoms with Gasteiger partial charge in [0.05, 0.1) is 16.1 Å². The highest BCUT2D eigenvalue weighted by atomic mass is 16.6. The van der Waals surface area contributed by atoms with Crippen molar-refractivity contribution in [3.05, 3.63) is 39.4 Å². The molecule has 0 N–H and O–H groups in total. The molecule has 0 aromatic heterocycles. The molecule has 2 rings (SSSR count). The fourth-order valence-corrected chi connectivity index (χ4v) is 1.46. The first kappa shape index (κ1) is 9.86. The minimum atomic E-state index is -0.703. The van der Waals surface area contributed by atoms with Crippen LogP contribution in [0.3, 0.4) is 0 Å². The summed E-state index contributed by atoms with van der Waals surface area (Å²) < 4.78 is 0. The van der Waals surface area contributed by atoms with Gasteiger partial charge < -0.3 is 0 Å². The van der Waals surface area contributed by atoms with E-state index in [1.54, 1.807) is 0 Å². The number of nitro groups is 1. The van der Waals surface area contributed by atoms with Gasteiger partial charge >= 0.3 is 0 Å². The molecule has 0 aliphatic carbocycles. The Labute approximate surface area is 89.6 Å². The van der Waals surface area contributed by atoms with Gasteiger partial charge in [-0.1, -0.05) is 6.42 Å². The van der Waals surface area contributed by atoms with Crippen molar-refractivity contribution in [2.75, 3.05) is 0 Å². The topological polar surface area (TPSA) is 80.5 Å². The van der Waals surface area contributed by atoms with Crippen LogP contribution in [0.5, 0.6) is 0 Å². The van der Waals surface area contributed by atoms with Gasteiger partial charge in [-0.05, 0) is 6.07 Å². The van der Waals surface area contributed by atoms with Crippen LogP contribution >= 0.6 is 0 Å². The van der Waals surface area contributed by atoms with Crippen molar-refractivity contribution in [1.29, 1.82) is 0 Å². The second kappa shape index (κ2) is 3.17. The number of rotatable bonds is 1. The summed E-state index contributed by atoms with van der Waals surface area (Å²) >= 11 is 0. The lowest BCUT2D eigenvalue weighted by atomic mass is 10.1. The fourth-order valence-electron chi connectivity index (χ4n) is 1.46. The Morgan fingerprint density at radius 2 is 1.88 bits per heavy atom. The molecule has 6 nitrogen and oxygen atoms in total. The smallest absolute Gasteiger partial charge is 0.267 e. The lowest BCUT2D eigenvalue weighted by molar-refractivity contribution is -0.384. The number of carbonyl (C=O) groups excluding carboxylic acids is 2. The molecule has 0 bridgehead atoms. The molecule has 0 atom stereocenters. The number of nitrogens with zero attached hydrogens (tertiary/aromatic N) is 2. The van der Waals surface area contributed by atoms with E-state index in [1.165, 1.54) is 6.07 Å². The van der Waals surface area contributed by atoms with Gasteiger partial charge in [0.1, 0.15) is 0 Å². The molecule has 1 aliphatic rings. The largest absolute Gasteiger partial charge is 0.273 e. The van der Waals surface area contributed by atoms with E-state index >= 15 is 0 Å². The van der Waals surface area contributed by atoms with Crippen LogP contribution in [0.2, 0.25) is 0 Å². The van der Waals surface area contributed by atoms with Gasteiger partial charge in [-0.2, -0.15) is 4.90 Å². The van der Waals surface area contributed by atoms with Crippen molar-refractivity contribution in [2.45, 2.75) is 0 Å². The molecule has 1 aliphatic heterocycles. The zero-order chi connectivity index (χ0) is 11.9. The van der Waals surface area contributed by atoms with E-state index in [-0.39, 0.29) is 16.8 Å². The van der Waals surface area contributed by atoms with Crippen LogP contribution in [0.1, 0.15) is 20.7 Å². The van der Waals surface area contributed by atoms with E-state index in [9.17, 15) is 19.7 Å². The summed E-state index contributed by atoms with van der Waals surface area (Å²) in [7, 11) is 0. The predicted molar refractivity (Wildman–Crippen MR) is 52.4 cm³/mol. The van der Waals surface area contributed by atoms with Crippen molar-refractivity contribution in [3.8, 4) is 12.5 Å². The monoisotopic (exact) mass is 216 g/mol. The standard InChI is InChI=1S/C10H4N2O4/c1-2-11-9(13)7-4-3-6(12(15)16)5-8(7)10(11)14/h1,3-5H. The third-order valence-electron chi connectivity index (χ3n) is 2.21. The Hall–Kier alpha value is -2.68. The van der Waals surface area contributed by atoms with Gasteiger partial charge in [-0.3, -0.25) is 19.7 Å². The Balaban J connectivity index is 2.61. The van der Waals surface area contributed by atoms with Crippen molar-refractivity contribution in [1.82, 2.24) is 4.90 Å². The van der Waals surface area contributed by atoms with E-state index in [2.05, 4.69) is 0 Å². The molecule has 2 amide bonds. The maximum absolute atomic E-state index is 11.6. The number of nitro benzene ring substituents is 1. The van der Waals surface area contributed by atoms with Crippen LogP contribution in [-0.2, 0) is 0 Å². The first-order valence-corrected chi connectivity index (χ1v) is 4.19. The maximum Gasteiger partial charge on any atom is 0.273 e.